The molecule has 0 saturated carbocycles. The van der Waals surface area contributed by atoms with E-state index in [9.17, 15) is 0 Å². The molecule has 0 fully saturated rings. The molecule has 128 valence electrons. The summed E-state index contributed by atoms with van der Waals surface area (Å²) in [5.74, 6) is 0.899. The molecule has 0 unspecified atom stereocenters. The highest BCUT2D eigenvalue weighted by atomic mass is 16.5. The van der Waals surface area contributed by atoms with Crippen LogP contribution in [0, 0.1) is 0 Å². The van der Waals surface area contributed by atoms with Gasteiger partial charge in [-0.25, -0.2) is 0 Å². The fraction of sp³-hybridized carbons (Fsp3) is 0.200. The molecule has 0 aromatic heterocycles. The van der Waals surface area contributed by atoms with Crippen molar-refractivity contribution < 1.29 is 4.74 Å². The van der Waals surface area contributed by atoms with E-state index in [4.69, 9.17) is 4.74 Å². The van der Waals surface area contributed by atoms with Gasteiger partial charge < -0.3 is 4.74 Å². The molecule has 5 rings (SSSR count). The Labute approximate surface area is 154 Å². The second-order valence-corrected chi connectivity index (χ2v) is 7.20. The molecule has 1 aliphatic carbocycles. The summed E-state index contributed by atoms with van der Waals surface area (Å²) < 4.78 is 5.34. The molecule has 1 heteroatoms. The lowest BCUT2D eigenvalue weighted by Crippen LogP contribution is -2.03. The van der Waals surface area contributed by atoms with E-state index in [2.05, 4.69) is 66.7 Å². The van der Waals surface area contributed by atoms with E-state index in [0.29, 0.717) is 0 Å². The van der Waals surface area contributed by atoms with Gasteiger partial charge >= 0.3 is 0 Å². The molecule has 4 aromatic rings. The zero-order chi connectivity index (χ0) is 17.5. The van der Waals surface area contributed by atoms with Crippen LogP contribution in [0.25, 0.3) is 32.7 Å². The van der Waals surface area contributed by atoms with Crippen molar-refractivity contribution in [2.75, 3.05) is 7.11 Å². The van der Waals surface area contributed by atoms with Gasteiger partial charge in [0.05, 0.1) is 7.11 Å². The summed E-state index contributed by atoms with van der Waals surface area (Å²) in [6.07, 6.45) is 5.04. The molecular formula is C25H22O. The standard InChI is InChI=1S/C25H22O/c1-26-19-13-10-18(11-14-19)24-16-25-20-7-3-2-6-17(20)12-15-23(25)21-8-4-5-9-22(21)24/h4-5,8-16H,2-3,6-7H2,1H3. The summed E-state index contributed by atoms with van der Waals surface area (Å²) >= 11 is 0. The summed E-state index contributed by atoms with van der Waals surface area (Å²) in [6.45, 7) is 0. The monoisotopic (exact) mass is 338 g/mol. The van der Waals surface area contributed by atoms with Gasteiger partial charge in [-0.3, -0.25) is 0 Å². The maximum absolute atomic E-state index is 5.34. The Morgan fingerprint density at radius 2 is 1.42 bits per heavy atom. The third-order valence-corrected chi connectivity index (χ3v) is 5.77. The third kappa shape index (κ3) is 2.39. The molecule has 0 N–H and O–H groups in total. The molecule has 1 nitrogen and oxygen atoms in total. The Kier molecular flexibility index (Phi) is 3.67. The molecule has 0 amide bonds. The Hall–Kier alpha value is -2.80. The Balaban J connectivity index is 1.85. The molecule has 0 spiro atoms. The van der Waals surface area contributed by atoms with Gasteiger partial charge in [-0.2, -0.15) is 0 Å². The lowest BCUT2D eigenvalue weighted by atomic mass is 9.84. The van der Waals surface area contributed by atoms with Crippen molar-refractivity contribution in [1.29, 1.82) is 0 Å². The zero-order valence-corrected chi connectivity index (χ0v) is 15.1. The number of ether oxygens (including phenoxy) is 1. The molecule has 0 radical (unpaired) electrons. The molecule has 0 saturated heterocycles. The van der Waals surface area contributed by atoms with Crippen LogP contribution in [0.5, 0.6) is 5.75 Å². The predicted octanol–water partition coefficient (Wildman–Crippen LogP) is 6.55. The van der Waals surface area contributed by atoms with E-state index in [1.807, 2.05) is 0 Å². The fourth-order valence-electron chi connectivity index (χ4n) is 4.44. The van der Waals surface area contributed by atoms with Crippen LogP contribution in [0.3, 0.4) is 0 Å². The minimum atomic E-state index is 0.899. The van der Waals surface area contributed by atoms with Gasteiger partial charge in [0.25, 0.3) is 0 Å². The topological polar surface area (TPSA) is 9.23 Å². The lowest BCUT2D eigenvalue weighted by molar-refractivity contribution is 0.415. The quantitative estimate of drug-likeness (QED) is 0.377. The maximum Gasteiger partial charge on any atom is 0.118 e. The third-order valence-electron chi connectivity index (χ3n) is 5.77. The summed E-state index contributed by atoms with van der Waals surface area (Å²) in [6, 6.07) is 24.3. The van der Waals surface area contributed by atoms with Gasteiger partial charge in [0, 0.05) is 0 Å². The predicted molar refractivity (Wildman–Crippen MR) is 110 cm³/mol. The average molecular weight is 338 g/mol. The normalized spacial score (nSPS) is 13.7. The SMILES string of the molecule is COc1ccc(-c2cc3c4c(ccc3c3ccccc23)CCCC4)cc1. The van der Waals surface area contributed by atoms with E-state index in [0.717, 1.165) is 5.75 Å². The first-order valence-electron chi connectivity index (χ1n) is 9.46. The van der Waals surface area contributed by atoms with Crippen LogP contribution in [0.1, 0.15) is 24.0 Å². The van der Waals surface area contributed by atoms with Crippen molar-refractivity contribution in [3.63, 3.8) is 0 Å². The van der Waals surface area contributed by atoms with Gasteiger partial charge in [-0.1, -0.05) is 48.5 Å². The molecule has 0 aliphatic heterocycles. The maximum atomic E-state index is 5.34. The summed E-state index contributed by atoms with van der Waals surface area (Å²) in [5.41, 5.74) is 5.67. The number of hydrogen-bond donors (Lipinski definition) is 0. The average Bonchev–Trinajstić information content (AvgIpc) is 2.73. The first kappa shape index (κ1) is 15.5. The van der Waals surface area contributed by atoms with Crippen molar-refractivity contribution >= 4 is 21.5 Å². The number of rotatable bonds is 2. The minimum absolute atomic E-state index is 0.899. The highest BCUT2D eigenvalue weighted by Gasteiger charge is 2.16. The van der Waals surface area contributed by atoms with Gasteiger partial charge in [-0.15, -0.1) is 0 Å². The number of fused-ring (bicyclic) bond motifs is 5. The lowest BCUT2D eigenvalue weighted by Gasteiger charge is -2.20. The van der Waals surface area contributed by atoms with E-state index in [1.165, 1.54) is 58.4 Å². The second kappa shape index (κ2) is 6.17. The van der Waals surface area contributed by atoms with Crippen LogP contribution in [0.2, 0.25) is 0 Å². The van der Waals surface area contributed by atoms with Crippen LogP contribution >= 0.6 is 0 Å². The molecule has 26 heavy (non-hydrogen) atoms. The van der Waals surface area contributed by atoms with E-state index in [-0.39, 0.29) is 0 Å². The zero-order valence-electron chi connectivity index (χ0n) is 15.1. The van der Waals surface area contributed by atoms with Crippen LogP contribution in [-0.2, 0) is 12.8 Å². The molecule has 0 bridgehead atoms. The molecule has 1 aliphatic rings. The first-order chi connectivity index (χ1) is 12.8. The van der Waals surface area contributed by atoms with E-state index in [1.54, 1.807) is 18.2 Å². The second-order valence-electron chi connectivity index (χ2n) is 7.20. The highest BCUT2D eigenvalue weighted by Crippen LogP contribution is 2.39. The Bertz CT molecular complexity index is 1110. The van der Waals surface area contributed by atoms with Gasteiger partial charge in [0.1, 0.15) is 5.75 Å². The first-order valence-corrected chi connectivity index (χ1v) is 9.46. The van der Waals surface area contributed by atoms with Gasteiger partial charge in [0.2, 0.25) is 0 Å². The highest BCUT2D eigenvalue weighted by molar-refractivity contribution is 6.14. The van der Waals surface area contributed by atoms with Gasteiger partial charge in [-0.05, 0) is 87.7 Å². The van der Waals surface area contributed by atoms with Crippen LogP contribution in [0.15, 0.2) is 66.7 Å². The Morgan fingerprint density at radius 1 is 0.692 bits per heavy atom. The summed E-state index contributed by atoms with van der Waals surface area (Å²) in [5, 5.41) is 5.50. The molecular weight excluding hydrogens is 316 g/mol. The number of benzene rings is 4. The summed E-state index contributed by atoms with van der Waals surface area (Å²) in [7, 11) is 1.71. The van der Waals surface area contributed by atoms with Crippen molar-refractivity contribution in [3.05, 3.63) is 77.9 Å². The molecule has 0 atom stereocenters. The van der Waals surface area contributed by atoms with Crippen molar-refractivity contribution in [3.8, 4) is 16.9 Å². The van der Waals surface area contributed by atoms with Crippen LogP contribution < -0.4 is 4.74 Å². The van der Waals surface area contributed by atoms with Crippen LogP contribution in [0.4, 0.5) is 0 Å². The minimum Gasteiger partial charge on any atom is -0.497 e. The smallest absolute Gasteiger partial charge is 0.118 e. The van der Waals surface area contributed by atoms with Crippen LogP contribution in [-0.4, -0.2) is 7.11 Å². The summed E-state index contributed by atoms with van der Waals surface area (Å²) in [4.78, 5) is 0. The van der Waals surface area contributed by atoms with Crippen molar-refractivity contribution in [1.82, 2.24) is 0 Å². The number of hydrogen-bond acceptors (Lipinski definition) is 1. The molecule has 0 heterocycles. The van der Waals surface area contributed by atoms with Crippen molar-refractivity contribution in [2.45, 2.75) is 25.7 Å². The number of methoxy groups -OCH3 is 1. The molecule has 4 aromatic carbocycles. The Morgan fingerprint density at radius 3 is 2.23 bits per heavy atom. The number of aryl methyl sites for hydroxylation is 2. The fourth-order valence-corrected chi connectivity index (χ4v) is 4.44. The van der Waals surface area contributed by atoms with E-state index >= 15 is 0 Å². The van der Waals surface area contributed by atoms with E-state index < -0.39 is 0 Å². The van der Waals surface area contributed by atoms with Gasteiger partial charge in [0.15, 0.2) is 0 Å². The largest absolute Gasteiger partial charge is 0.497 e. The van der Waals surface area contributed by atoms with Crippen molar-refractivity contribution in [2.24, 2.45) is 0 Å².